The number of anilines is 1. The van der Waals surface area contributed by atoms with Gasteiger partial charge in [-0.1, -0.05) is 69.4 Å². The largest absolute Gasteiger partial charge is 0.372 e. The standard InChI is InChI=1S/C22H28FNO/c1-2-3-4-5-6-10-13-21(25)22(18-11-8-7-9-12-18)24-20-16-14-19(23)15-17-20/h7-9,11-12,14-17,22,24H,2-6,10,13H2,1H3. The van der Waals surface area contributed by atoms with Gasteiger partial charge in [0.2, 0.25) is 0 Å². The zero-order chi connectivity index (χ0) is 17.9. The minimum Gasteiger partial charge on any atom is -0.372 e. The third kappa shape index (κ3) is 6.69. The van der Waals surface area contributed by atoms with Crippen LogP contribution in [0.5, 0.6) is 0 Å². The number of unbranched alkanes of at least 4 members (excludes halogenated alkanes) is 5. The lowest BCUT2D eigenvalue weighted by molar-refractivity contribution is -0.120. The Kier molecular flexibility index (Phi) is 8.17. The van der Waals surface area contributed by atoms with Crippen LogP contribution in [0.4, 0.5) is 10.1 Å². The fourth-order valence-corrected chi connectivity index (χ4v) is 2.93. The monoisotopic (exact) mass is 341 g/mol. The topological polar surface area (TPSA) is 29.1 Å². The molecule has 1 atom stereocenters. The molecule has 3 heteroatoms. The summed E-state index contributed by atoms with van der Waals surface area (Å²) >= 11 is 0. The lowest BCUT2D eigenvalue weighted by atomic mass is 9.97. The molecule has 0 aliphatic carbocycles. The average molecular weight is 341 g/mol. The zero-order valence-electron chi connectivity index (χ0n) is 15.0. The van der Waals surface area contributed by atoms with E-state index in [0.717, 1.165) is 24.1 Å². The normalized spacial score (nSPS) is 11.9. The van der Waals surface area contributed by atoms with Gasteiger partial charge in [-0.3, -0.25) is 4.79 Å². The van der Waals surface area contributed by atoms with Gasteiger partial charge in [0, 0.05) is 12.1 Å². The summed E-state index contributed by atoms with van der Waals surface area (Å²) in [6.07, 6.45) is 7.55. The molecule has 0 heterocycles. The molecule has 0 aliphatic heterocycles. The van der Waals surface area contributed by atoms with Gasteiger partial charge in [-0.15, -0.1) is 0 Å². The third-order valence-corrected chi connectivity index (χ3v) is 4.39. The molecule has 134 valence electrons. The predicted molar refractivity (Wildman–Crippen MR) is 102 cm³/mol. The van der Waals surface area contributed by atoms with Gasteiger partial charge in [-0.2, -0.15) is 0 Å². The van der Waals surface area contributed by atoms with Gasteiger partial charge in [-0.25, -0.2) is 4.39 Å². The van der Waals surface area contributed by atoms with Crippen LogP contribution in [0.15, 0.2) is 54.6 Å². The number of hydrogen-bond acceptors (Lipinski definition) is 2. The molecule has 0 radical (unpaired) electrons. The minimum absolute atomic E-state index is 0.186. The summed E-state index contributed by atoms with van der Waals surface area (Å²) in [5, 5.41) is 3.27. The van der Waals surface area contributed by atoms with Crippen molar-refractivity contribution in [3.05, 3.63) is 66.0 Å². The molecule has 0 aromatic heterocycles. The summed E-state index contributed by atoms with van der Waals surface area (Å²) in [6, 6.07) is 15.5. The number of nitrogens with one attached hydrogen (secondary N) is 1. The van der Waals surface area contributed by atoms with Crippen LogP contribution in [0.2, 0.25) is 0 Å². The van der Waals surface area contributed by atoms with Crippen LogP contribution in [-0.2, 0) is 4.79 Å². The van der Waals surface area contributed by atoms with Crippen LogP contribution < -0.4 is 5.32 Å². The number of halogens is 1. The molecule has 2 aromatic rings. The molecule has 0 amide bonds. The quantitative estimate of drug-likeness (QED) is 0.486. The van der Waals surface area contributed by atoms with Crippen LogP contribution in [0.25, 0.3) is 0 Å². The van der Waals surface area contributed by atoms with Crippen molar-refractivity contribution in [2.24, 2.45) is 0 Å². The molecule has 2 nitrogen and oxygen atoms in total. The van der Waals surface area contributed by atoms with Crippen LogP contribution >= 0.6 is 0 Å². The van der Waals surface area contributed by atoms with Crippen molar-refractivity contribution in [1.82, 2.24) is 0 Å². The minimum atomic E-state index is -0.387. The molecule has 2 aromatic carbocycles. The average Bonchev–Trinajstić information content (AvgIpc) is 2.64. The van der Waals surface area contributed by atoms with E-state index < -0.39 is 0 Å². The fraction of sp³-hybridized carbons (Fsp3) is 0.409. The van der Waals surface area contributed by atoms with Crippen molar-refractivity contribution in [2.75, 3.05) is 5.32 Å². The first-order chi connectivity index (χ1) is 12.2. The SMILES string of the molecule is CCCCCCCCC(=O)C(Nc1ccc(F)cc1)c1ccccc1. The maximum Gasteiger partial charge on any atom is 0.159 e. The van der Waals surface area contributed by atoms with Crippen LogP contribution in [0.3, 0.4) is 0 Å². The highest BCUT2D eigenvalue weighted by Gasteiger charge is 2.19. The molecule has 0 saturated carbocycles. The third-order valence-electron chi connectivity index (χ3n) is 4.39. The molecule has 0 fully saturated rings. The predicted octanol–water partition coefficient (Wildman–Crippen LogP) is 6.30. The van der Waals surface area contributed by atoms with E-state index in [1.165, 1.54) is 37.8 Å². The van der Waals surface area contributed by atoms with Crippen molar-refractivity contribution in [3.63, 3.8) is 0 Å². The molecule has 0 spiro atoms. The van der Waals surface area contributed by atoms with Crippen molar-refractivity contribution < 1.29 is 9.18 Å². The van der Waals surface area contributed by atoms with Gasteiger partial charge in [0.05, 0.1) is 0 Å². The van der Waals surface area contributed by atoms with E-state index in [2.05, 4.69) is 12.2 Å². The summed E-state index contributed by atoms with van der Waals surface area (Å²) in [6.45, 7) is 2.20. The Balaban J connectivity index is 1.97. The molecule has 0 saturated heterocycles. The molecule has 2 rings (SSSR count). The Bertz CT molecular complexity index is 624. The van der Waals surface area contributed by atoms with E-state index in [9.17, 15) is 9.18 Å². The second-order valence-electron chi connectivity index (χ2n) is 6.48. The van der Waals surface area contributed by atoms with Crippen molar-refractivity contribution >= 4 is 11.5 Å². The van der Waals surface area contributed by atoms with Crippen molar-refractivity contribution in [1.29, 1.82) is 0 Å². The highest BCUT2D eigenvalue weighted by atomic mass is 19.1. The fourth-order valence-electron chi connectivity index (χ4n) is 2.93. The maximum absolute atomic E-state index is 13.1. The van der Waals surface area contributed by atoms with Gasteiger partial charge in [0.25, 0.3) is 0 Å². The summed E-state index contributed by atoms with van der Waals surface area (Å²) in [4.78, 5) is 12.8. The molecular weight excluding hydrogens is 313 g/mol. The van der Waals surface area contributed by atoms with Gasteiger partial charge >= 0.3 is 0 Å². The summed E-state index contributed by atoms with van der Waals surface area (Å²) < 4.78 is 13.1. The van der Waals surface area contributed by atoms with Crippen LogP contribution in [0.1, 0.15) is 63.5 Å². The molecule has 25 heavy (non-hydrogen) atoms. The lowest BCUT2D eigenvalue weighted by Crippen LogP contribution is -2.21. The Hall–Kier alpha value is -2.16. The van der Waals surface area contributed by atoms with E-state index in [1.54, 1.807) is 12.1 Å². The highest BCUT2D eigenvalue weighted by Crippen LogP contribution is 2.23. The molecule has 1 N–H and O–H groups in total. The van der Waals surface area contributed by atoms with Crippen molar-refractivity contribution in [2.45, 2.75) is 57.9 Å². The summed E-state index contributed by atoms with van der Waals surface area (Å²) in [7, 11) is 0. The van der Waals surface area contributed by atoms with E-state index >= 15 is 0 Å². The molecule has 0 bridgehead atoms. The van der Waals surface area contributed by atoms with Gasteiger partial charge < -0.3 is 5.32 Å². The van der Waals surface area contributed by atoms with Gasteiger partial charge in [-0.05, 0) is 36.2 Å². The Morgan fingerprint density at radius 2 is 1.56 bits per heavy atom. The number of Topliss-reactive ketones (excluding diaryl/α,β-unsaturated/α-hetero) is 1. The summed E-state index contributed by atoms with van der Waals surface area (Å²) in [5.41, 5.74) is 1.70. The first kappa shape index (κ1) is 19.2. The molecule has 0 aliphatic rings. The number of ketones is 1. The van der Waals surface area contributed by atoms with E-state index in [0.29, 0.717) is 6.42 Å². The van der Waals surface area contributed by atoms with E-state index in [4.69, 9.17) is 0 Å². The second kappa shape index (κ2) is 10.7. The molecular formula is C22H28FNO. The van der Waals surface area contributed by atoms with Crippen LogP contribution in [-0.4, -0.2) is 5.78 Å². The lowest BCUT2D eigenvalue weighted by Gasteiger charge is -2.19. The number of carbonyl (C=O) groups excluding carboxylic acids is 1. The highest BCUT2D eigenvalue weighted by molar-refractivity contribution is 5.87. The molecule has 1 unspecified atom stereocenters. The number of hydrogen-bond donors (Lipinski definition) is 1. The summed E-state index contributed by atoms with van der Waals surface area (Å²) in [5.74, 6) is -0.0915. The van der Waals surface area contributed by atoms with Gasteiger partial charge in [0.15, 0.2) is 5.78 Å². The van der Waals surface area contributed by atoms with Crippen LogP contribution in [0, 0.1) is 5.82 Å². The number of benzene rings is 2. The smallest absolute Gasteiger partial charge is 0.159 e. The Labute approximate surface area is 150 Å². The van der Waals surface area contributed by atoms with E-state index in [-0.39, 0.29) is 17.6 Å². The second-order valence-corrected chi connectivity index (χ2v) is 6.48. The maximum atomic E-state index is 13.1. The van der Waals surface area contributed by atoms with Gasteiger partial charge in [0.1, 0.15) is 11.9 Å². The van der Waals surface area contributed by atoms with E-state index in [1.807, 2.05) is 30.3 Å². The number of carbonyl (C=O) groups is 1. The first-order valence-electron chi connectivity index (χ1n) is 9.30. The number of rotatable bonds is 11. The Morgan fingerprint density at radius 1 is 0.920 bits per heavy atom. The first-order valence-corrected chi connectivity index (χ1v) is 9.30. The zero-order valence-corrected chi connectivity index (χ0v) is 15.0. The Morgan fingerprint density at radius 3 is 2.24 bits per heavy atom. The van der Waals surface area contributed by atoms with Crippen molar-refractivity contribution in [3.8, 4) is 0 Å².